The van der Waals surface area contributed by atoms with Crippen LogP contribution in [0.4, 0.5) is 4.39 Å². The summed E-state index contributed by atoms with van der Waals surface area (Å²) in [6, 6.07) is 8.16. The molecule has 25 heavy (non-hydrogen) atoms. The van der Waals surface area contributed by atoms with Crippen LogP contribution in [0.5, 0.6) is 0 Å². The van der Waals surface area contributed by atoms with Gasteiger partial charge in [0, 0.05) is 18.5 Å². The van der Waals surface area contributed by atoms with Gasteiger partial charge < -0.3 is 9.88 Å². The molecular weight excluding hydrogens is 403 g/mol. The number of allylic oxidation sites excluding steroid dienone is 2. The highest BCUT2D eigenvalue weighted by Crippen LogP contribution is 2.33. The van der Waals surface area contributed by atoms with E-state index in [0.717, 1.165) is 20.3 Å². The summed E-state index contributed by atoms with van der Waals surface area (Å²) in [5.74, 6) is -0.468. The van der Waals surface area contributed by atoms with Crippen molar-refractivity contribution in [1.29, 1.82) is 0 Å². The monoisotopic (exact) mass is 420 g/mol. The largest absolute Gasteiger partial charge is 0.347 e. The van der Waals surface area contributed by atoms with Crippen molar-refractivity contribution in [2.45, 2.75) is 26.9 Å². The second-order valence-electron chi connectivity index (χ2n) is 6.03. The topological polar surface area (TPSA) is 34.0 Å². The van der Waals surface area contributed by atoms with Gasteiger partial charge in [-0.3, -0.25) is 4.79 Å². The van der Waals surface area contributed by atoms with Crippen LogP contribution in [0.2, 0.25) is 0 Å². The number of thiophene rings is 1. The minimum absolute atomic E-state index is 0.165. The van der Waals surface area contributed by atoms with Crippen molar-refractivity contribution < 1.29 is 9.18 Å². The average molecular weight is 421 g/mol. The lowest BCUT2D eigenvalue weighted by Gasteiger charge is -2.10. The normalized spacial score (nSPS) is 10.9. The summed E-state index contributed by atoms with van der Waals surface area (Å²) in [6.07, 6.45) is 2.09. The molecule has 0 bridgehead atoms. The number of nitrogens with zero attached hydrogens (tertiary/aromatic N) is 1. The number of hydrogen-bond donors (Lipinski definition) is 1. The van der Waals surface area contributed by atoms with Crippen LogP contribution in [0, 0.1) is 5.82 Å². The van der Waals surface area contributed by atoms with Crippen molar-refractivity contribution in [3.05, 3.63) is 68.9 Å². The zero-order valence-corrected chi connectivity index (χ0v) is 16.4. The minimum atomic E-state index is -0.303. The van der Waals surface area contributed by atoms with E-state index < -0.39 is 0 Å². The molecule has 6 heteroatoms. The predicted octanol–water partition coefficient (Wildman–Crippen LogP) is 5.50. The smallest absolute Gasteiger partial charge is 0.268 e. The first-order valence-electron chi connectivity index (χ1n) is 7.88. The Kier molecular flexibility index (Phi) is 5.39. The molecule has 2 aromatic heterocycles. The number of carbonyl (C=O) groups is 1. The quantitative estimate of drug-likeness (QED) is 0.543. The van der Waals surface area contributed by atoms with E-state index in [1.54, 1.807) is 23.5 Å². The number of nitrogens with one attached hydrogen (secondary N) is 1. The van der Waals surface area contributed by atoms with E-state index in [1.165, 1.54) is 17.7 Å². The van der Waals surface area contributed by atoms with Crippen LogP contribution in [-0.4, -0.2) is 10.5 Å². The standard InChI is InChI=1S/C19H18BrFN2OS/c1-12(2)6-7-23-16(9-17-18(23)15(20)11-25-17)19(24)22-10-13-4-3-5-14(21)8-13/h3-6,8-9,11H,7,10H2,1-2H3,(H,22,24). The van der Waals surface area contributed by atoms with Crippen molar-refractivity contribution in [3.8, 4) is 0 Å². The Balaban J connectivity index is 1.87. The lowest BCUT2D eigenvalue weighted by Crippen LogP contribution is -2.25. The number of amides is 1. The predicted molar refractivity (Wildman–Crippen MR) is 105 cm³/mol. The van der Waals surface area contributed by atoms with E-state index in [9.17, 15) is 9.18 Å². The fraction of sp³-hybridized carbons (Fsp3) is 0.211. The maximum atomic E-state index is 13.3. The molecule has 1 amide bonds. The Bertz CT molecular complexity index is 954. The highest BCUT2D eigenvalue weighted by atomic mass is 79.9. The molecule has 0 unspecified atom stereocenters. The first-order chi connectivity index (χ1) is 12.0. The molecule has 2 heterocycles. The summed E-state index contributed by atoms with van der Waals surface area (Å²) < 4.78 is 17.3. The summed E-state index contributed by atoms with van der Waals surface area (Å²) >= 11 is 5.17. The Hall–Kier alpha value is -1.92. The molecule has 0 radical (unpaired) electrons. The lowest BCUT2D eigenvalue weighted by atomic mass is 10.2. The molecule has 0 spiro atoms. The molecule has 0 saturated carbocycles. The van der Waals surface area contributed by atoms with Gasteiger partial charge in [-0.05, 0) is 53.5 Å². The second-order valence-corrected chi connectivity index (χ2v) is 7.80. The van der Waals surface area contributed by atoms with Crippen LogP contribution >= 0.6 is 27.3 Å². The molecule has 1 N–H and O–H groups in total. The molecule has 130 valence electrons. The highest BCUT2D eigenvalue weighted by Gasteiger charge is 2.18. The number of aromatic nitrogens is 1. The highest BCUT2D eigenvalue weighted by molar-refractivity contribution is 9.10. The fourth-order valence-electron chi connectivity index (χ4n) is 2.60. The molecule has 0 saturated heterocycles. The third-order valence-corrected chi connectivity index (χ3v) is 5.66. The van der Waals surface area contributed by atoms with Gasteiger partial charge >= 0.3 is 0 Å². The minimum Gasteiger partial charge on any atom is -0.347 e. The van der Waals surface area contributed by atoms with E-state index in [0.29, 0.717) is 18.8 Å². The molecule has 3 nitrogen and oxygen atoms in total. The average Bonchev–Trinajstić information content (AvgIpc) is 3.11. The van der Waals surface area contributed by atoms with Gasteiger partial charge in [-0.15, -0.1) is 11.3 Å². The van der Waals surface area contributed by atoms with E-state index in [1.807, 2.05) is 29.9 Å². The summed E-state index contributed by atoms with van der Waals surface area (Å²) in [5, 5.41) is 4.91. The van der Waals surface area contributed by atoms with E-state index >= 15 is 0 Å². The van der Waals surface area contributed by atoms with Crippen LogP contribution < -0.4 is 5.32 Å². The Labute approximate surface area is 158 Å². The molecular formula is C19H18BrFN2OS. The first-order valence-corrected chi connectivity index (χ1v) is 9.55. The van der Waals surface area contributed by atoms with Gasteiger partial charge in [0.25, 0.3) is 5.91 Å². The summed E-state index contributed by atoms with van der Waals surface area (Å²) in [6.45, 7) is 4.99. The second kappa shape index (κ2) is 7.54. The maximum absolute atomic E-state index is 13.3. The Morgan fingerprint density at radius 2 is 2.16 bits per heavy atom. The van der Waals surface area contributed by atoms with Crippen LogP contribution in [0.25, 0.3) is 10.2 Å². The molecule has 1 aromatic carbocycles. The number of rotatable bonds is 5. The maximum Gasteiger partial charge on any atom is 0.268 e. The van der Waals surface area contributed by atoms with Crippen molar-refractivity contribution in [3.63, 3.8) is 0 Å². The lowest BCUT2D eigenvalue weighted by molar-refractivity contribution is 0.0942. The SMILES string of the molecule is CC(C)=CCn1c(C(=O)NCc2cccc(F)c2)cc2scc(Br)c21. The van der Waals surface area contributed by atoms with Crippen LogP contribution in [0.3, 0.4) is 0 Å². The van der Waals surface area contributed by atoms with Gasteiger partial charge in [0.05, 0.1) is 14.7 Å². The van der Waals surface area contributed by atoms with E-state index in [4.69, 9.17) is 0 Å². The van der Waals surface area contributed by atoms with Crippen molar-refractivity contribution >= 4 is 43.4 Å². The van der Waals surface area contributed by atoms with Gasteiger partial charge in [-0.2, -0.15) is 0 Å². The zero-order chi connectivity index (χ0) is 18.0. The molecule has 3 rings (SSSR count). The molecule has 0 atom stereocenters. The third-order valence-electron chi connectivity index (χ3n) is 3.83. The number of hydrogen-bond acceptors (Lipinski definition) is 2. The van der Waals surface area contributed by atoms with Crippen molar-refractivity contribution in [2.24, 2.45) is 0 Å². The van der Waals surface area contributed by atoms with Crippen LogP contribution in [0.15, 0.2) is 51.8 Å². The van der Waals surface area contributed by atoms with Gasteiger partial charge in [-0.1, -0.05) is 23.8 Å². The molecule has 0 aliphatic carbocycles. The van der Waals surface area contributed by atoms with Crippen molar-refractivity contribution in [2.75, 3.05) is 0 Å². The van der Waals surface area contributed by atoms with Gasteiger partial charge in [0.2, 0.25) is 0 Å². The van der Waals surface area contributed by atoms with Crippen LogP contribution in [0.1, 0.15) is 29.9 Å². The summed E-state index contributed by atoms with van der Waals surface area (Å²) in [7, 11) is 0. The van der Waals surface area contributed by atoms with E-state index in [-0.39, 0.29) is 11.7 Å². The van der Waals surface area contributed by atoms with Gasteiger partial charge in [-0.25, -0.2) is 4.39 Å². The fourth-order valence-corrected chi connectivity index (χ4v) is 4.30. The molecule has 0 aliphatic rings. The first kappa shape index (κ1) is 17.9. The summed E-state index contributed by atoms with van der Waals surface area (Å²) in [4.78, 5) is 12.7. The molecule has 0 fully saturated rings. The number of benzene rings is 1. The Morgan fingerprint density at radius 1 is 1.36 bits per heavy atom. The number of halogens is 2. The molecule has 3 aromatic rings. The van der Waals surface area contributed by atoms with E-state index in [2.05, 4.69) is 27.3 Å². The third kappa shape index (κ3) is 4.02. The Morgan fingerprint density at radius 3 is 2.88 bits per heavy atom. The zero-order valence-electron chi connectivity index (χ0n) is 14.0. The van der Waals surface area contributed by atoms with Crippen molar-refractivity contribution in [1.82, 2.24) is 9.88 Å². The summed E-state index contributed by atoms with van der Waals surface area (Å²) in [5.41, 5.74) is 3.56. The number of fused-ring (bicyclic) bond motifs is 1. The van der Waals surface area contributed by atoms with Crippen LogP contribution in [-0.2, 0) is 13.1 Å². The van der Waals surface area contributed by atoms with Gasteiger partial charge in [0.15, 0.2) is 0 Å². The number of carbonyl (C=O) groups excluding carboxylic acids is 1. The molecule has 0 aliphatic heterocycles. The van der Waals surface area contributed by atoms with Gasteiger partial charge in [0.1, 0.15) is 11.5 Å².